The molecule has 8 heteroatoms. The van der Waals surface area contributed by atoms with Gasteiger partial charge in [0.25, 0.3) is 0 Å². The Balaban J connectivity index is 1.74. The maximum Gasteiger partial charge on any atom is 0.229 e. The first kappa shape index (κ1) is 19.3. The van der Waals surface area contributed by atoms with Crippen molar-refractivity contribution in [2.75, 3.05) is 51.4 Å². The highest BCUT2D eigenvalue weighted by Crippen LogP contribution is 2.17. The highest BCUT2D eigenvalue weighted by atomic mass is 16.5. The van der Waals surface area contributed by atoms with Crippen LogP contribution in [0.3, 0.4) is 0 Å². The number of hydrogen-bond donors (Lipinski definition) is 1. The van der Waals surface area contributed by atoms with Crippen molar-refractivity contribution in [3.63, 3.8) is 0 Å². The fraction of sp³-hybridized carbons (Fsp3) is 0.526. The Bertz CT molecular complexity index is 749. The molecule has 3 rings (SSSR count). The summed E-state index contributed by atoms with van der Waals surface area (Å²) in [5.74, 6) is 2.96. The van der Waals surface area contributed by atoms with Crippen LogP contribution in [-0.4, -0.2) is 62.7 Å². The molecule has 2 aromatic rings. The van der Waals surface area contributed by atoms with Gasteiger partial charge in [0.2, 0.25) is 11.8 Å². The van der Waals surface area contributed by atoms with Crippen molar-refractivity contribution in [2.45, 2.75) is 20.4 Å². The average molecular weight is 373 g/mol. The van der Waals surface area contributed by atoms with Gasteiger partial charge in [-0.3, -0.25) is 4.99 Å². The Morgan fingerprint density at radius 1 is 1.26 bits per heavy atom. The van der Waals surface area contributed by atoms with E-state index in [9.17, 15) is 0 Å². The van der Waals surface area contributed by atoms with Gasteiger partial charge in [-0.25, -0.2) is 4.98 Å². The lowest BCUT2D eigenvalue weighted by Gasteiger charge is -2.27. The monoisotopic (exact) mass is 373 g/mol. The second-order valence-electron chi connectivity index (χ2n) is 6.40. The molecule has 1 saturated heterocycles. The normalized spacial score (nSPS) is 14.9. The third-order valence-electron chi connectivity index (χ3n) is 4.29. The molecule has 0 unspecified atom stereocenters. The molecule has 0 saturated carbocycles. The Hall–Kier alpha value is -2.45. The van der Waals surface area contributed by atoms with Crippen molar-refractivity contribution in [1.29, 1.82) is 0 Å². The molecule has 2 aromatic heterocycles. The van der Waals surface area contributed by atoms with Crippen LogP contribution in [0, 0.1) is 13.8 Å². The fourth-order valence-electron chi connectivity index (χ4n) is 2.69. The lowest BCUT2D eigenvalue weighted by atomic mass is 10.3. The predicted molar refractivity (Wildman–Crippen MR) is 104 cm³/mol. The maximum atomic E-state index is 5.75. The second-order valence-corrected chi connectivity index (χ2v) is 6.40. The zero-order valence-electron chi connectivity index (χ0n) is 16.2. The number of anilines is 1. The van der Waals surface area contributed by atoms with Crippen LogP contribution in [0.25, 0.3) is 0 Å². The van der Waals surface area contributed by atoms with E-state index in [1.54, 1.807) is 6.21 Å². The summed E-state index contributed by atoms with van der Waals surface area (Å²) < 4.78 is 16.8. The van der Waals surface area contributed by atoms with Crippen LogP contribution in [0.1, 0.15) is 22.8 Å². The molecule has 0 aliphatic carbocycles. The number of furan rings is 1. The average Bonchev–Trinajstić information content (AvgIpc) is 3.00. The molecule has 0 aromatic carbocycles. The molecule has 0 atom stereocenters. The summed E-state index contributed by atoms with van der Waals surface area (Å²) in [5.41, 5.74) is 1.85. The highest BCUT2D eigenvalue weighted by molar-refractivity contribution is 5.78. The summed E-state index contributed by atoms with van der Waals surface area (Å²) in [5, 5.41) is 3.06. The molecule has 8 nitrogen and oxygen atoms in total. The SMILES string of the molecule is CNCCOc1cc(C=NCc2cc(C)c(C)o2)nc(N2CCOCC2)n1. The van der Waals surface area contributed by atoms with E-state index in [0.717, 1.165) is 36.7 Å². The summed E-state index contributed by atoms with van der Waals surface area (Å²) in [6.07, 6.45) is 1.74. The molecule has 0 amide bonds. The van der Waals surface area contributed by atoms with E-state index in [1.807, 2.05) is 33.0 Å². The van der Waals surface area contributed by atoms with Crippen LogP contribution in [-0.2, 0) is 11.3 Å². The number of nitrogens with zero attached hydrogens (tertiary/aromatic N) is 4. The van der Waals surface area contributed by atoms with Gasteiger partial charge >= 0.3 is 0 Å². The van der Waals surface area contributed by atoms with Gasteiger partial charge < -0.3 is 24.1 Å². The largest absolute Gasteiger partial charge is 0.476 e. The number of aromatic nitrogens is 2. The summed E-state index contributed by atoms with van der Waals surface area (Å²) in [6.45, 7) is 8.62. The zero-order chi connectivity index (χ0) is 19.1. The van der Waals surface area contributed by atoms with E-state index in [2.05, 4.69) is 25.2 Å². The molecule has 146 valence electrons. The van der Waals surface area contributed by atoms with Crippen LogP contribution >= 0.6 is 0 Å². The van der Waals surface area contributed by atoms with Crippen LogP contribution in [0.15, 0.2) is 21.5 Å². The molecule has 0 radical (unpaired) electrons. The van der Waals surface area contributed by atoms with Crippen molar-refractivity contribution in [3.05, 3.63) is 34.9 Å². The van der Waals surface area contributed by atoms with Gasteiger partial charge in [0.1, 0.15) is 18.1 Å². The molecular formula is C19H27N5O3. The third-order valence-corrected chi connectivity index (χ3v) is 4.29. The number of aryl methyl sites for hydroxylation is 2. The van der Waals surface area contributed by atoms with E-state index >= 15 is 0 Å². The maximum absolute atomic E-state index is 5.75. The van der Waals surface area contributed by atoms with Crippen molar-refractivity contribution in [3.8, 4) is 5.88 Å². The Morgan fingerprint density at radius 2 is 2.07 bits per heavy atom. The van der Waals surface area contributed by atoms with Gasteiger partial charge in [-0.1, -0.05) is 0 Å². The molecule has 0 bridgehead atoms. The number of hydrogen-bond acceptors (Lipinski definition) is 8. The standard InChI is InChI=1S/C19H27N5O3/c1-14-10-17(27-15(14)2)13-21-12-16-11-18(26-7-4-20-3)23-19(22-16)24-5-8-25-9-6-24/h10-12,20H,4-9,13H2,1-3H3. The summed E-state index contributed by atoms with van der Waals surface area (Å²) in [7, 11) is 1.89. The quantitative estimate of drug-likeness (QED) is 0.557. The molecule has 1 aliphatic heterocycles. The Labute approximate surface area is 159 Å². The van der Waals surface area contributed by atoms with Crippen LogP contribution in [0.4, 0.5) is 5.95 Å². The van der Waals surface area contributed by atoms with E-state index < -0.39 is 0 Å². The van der Waals surface area contributed by atoms with E-state index in [4.69, 9.17) is 13.9 Å². The van der Waals surface area contributed by atoms with Gasteiger partial charge in [-0.05, 0) is 32.5 Å². The zero-order valence-corrected chi connectivity index (χ0v) is 16.2. The van der Waals surface area contributed by atoms with Crippen molar-refractivity contribution >= 4 is 12.2 Å². The third kappa shape index (κ3) is 5.51. The minimum absolute atomic E-state index is 0.474. The highest BCUT2D eigenvalue weighted by Gasteiger charge is 2.16. The topological polar surface area (TPSA) is 85.0 Å². The first-order valence-electron chi connectivity index (χ1n) is 9.20. The van der Waals surface area contributed by atoms with Crippen molar-refractivity contribution in [2.24, 2.45) is 4.99 Å². The summed E-state index contributed by atoms with van der Waals surface area (Å²) >= 11 is 0. The number of nitrogens with one attached hydrogen (secondary N) is 1. The van der Waals surface area contributed by atoms with Crippen LogP contribution in [0.2, 0.25) is 0 Å². The smallest absolute Gasteiger partial charge is 0.229 e. The van der Waals surface area contributed by atoms with Crippen molar-refractivity contribution in [1.82, 2.24) is 15.3 Å². The fourth-order valence-corrected chi connectivity index (χ4v) is 2.69. The Morgan fingerprint density at radius 3 is 2.78 bits per heavy atom. The molecule has 0 spiro atoms. The van der Waals surface area contributed by atoms with Gasteiger partial charge in [0, 0.05) is 31.9 Å². The minimum atomic E-state index is 0.474. The first-order valence-corrected chi connectivity index (χ1v) is 9.20. The minimum Gasteiger partial charge on any atom is -0.476 e. The Kier molecular flexibility index (Phi) is 6.78. The summed E-state index contributed by atoms with van der Waals surface area (Å²) in [4.78, 5) is 15.7. The molecule has 3 heterocycles. The van der Waals surface area contributed by atoms with E-state index in [-0.39, 0.29) is 0 Å². The van der Waals surface area contributed by atoms with E-state index in [0.29, 0.717) is 43.9 Å². The van der Waals surface area contributed by atoms with Crippen LogP contribution < -0.4 is 15.0 Å². The number of ether oxygens (including phenoxy) is 2. The first-order chi connectivity index (χ1) is 13.2. The van der Waals surface area contributed by atoms with E-state index in [1.165, 1.54) is 0 Å². The van der Waals surface area contributed by atoms with Crippen LogP contribution in [0.5, 0.6) is 5.88 Å². The summed E-state index contributed by atoms with van der Waals surface area (Å²) in [6, 6.07) is 3.82. The molecule has 1 fully saturated rings. The lowest BCUT2D eigenvalue weighted by molar-refractivity contribution is 0.122. The molecule has 27 heavy (non-hydrogen) atoms. The van der Waals surface area contributed by atoms with Gasteiger partial charge in [0.15, 0.2) is 0 Å². The predicted octanol–water partition coefficient (Wildman–Crippen LogP) is 1.74. The number of morpholine rings is 1. The lowest BCUT2D eigenvalue weighted by Crippen LogP contribution is -2.37. The molecular weight excluding hydrogens is 346 g/mol. The molecule has 1 N–H and O–H groups in total. The van der Waals surface area contributed by atoms with Crippen molar-refractivity contribution < 1.29 is 13.9 Å². The second kappa shape index (κ2) is 9.48. The number of likely N-dealkylation sites (N-methyl/N-ethyl adjacent to an activating group) is 1. The number of rotatable bonds is 8. The van der Waals surface area contributed by atoms with Gasteiger partial charge in [0.05, 0.1) is 25.5 Å². The van der Waals surface area contributed by atoms with Gasteiger partial charge in [-0.15, -0.1) is 0 Å². The van der Waals surface area contributed by atoms with Gasteiger partial charge in [-0.2, -0.15) is 4.98 Å². The number of aliphatic imine (C=N–C) groups is 1. The molecule has 1 aliphatic rings.